The molecule has 4 aromatic carbocycles. The van der Waals surface area contributed by atoms with Gasteiger partial charge in [0.25, 0.3) is 11.8 Å². The maximum absolute atomic E-state index is 13.6. The van der Waals surface area contributed by atoms with Gasteiger partial charge in [-0.25, -0.2) is 4.79 Å². The maximum atomic E-state index is 13.6. The molecule has 3 amide bonds. The molecule has 0 aromatic heterocycles. The Kier molecular flexibility index (Phi) is 11.7. The number of anilines is 2. The van der Waals surface area contributed by atoms with E-state index < -0.39 is 28.8 Å². The Morgan fingerprint density at radius 1 is 0.771 bits per heavy atom. The van der Waals surface area contributed by atoms with Crippen LogP contribution in [0.15, 0.2) is 95.5 Å². The zero-order chi connectivity index (χ0) is 34.8. The second-order valence-corrected chi connectivity index (χ2v) is 11.5. The summed E-state index contributed by atoms with van der Waals surface area (Å²) in [6, 6.07) is 22.2. The van der Waals surface area contributed by atoms with Crippen LogP contribution in [-0.4, -0.2) is 60.5 Å². The molecule has 1 unspecified atom stereocenters. The van der Waals surface area contributed by atoms with Crippen molar-refractivity contribution in [3.05, 3.63) is 107 Å². The van der Waals surface area contributed by atoms with Gasteiger partial charge >= 0.3 is 5.97 Å². The Morgan fingerprint density at radius 3 is 2.02 bits per heavy atom. The van der Waals surface area contributed by atoms with Crippen molar-refractivity contribution in [3.8, 4) is 23.0 Å². The van der Waals surface area contributed by atoms with E-state index in [1.54, 1.807) is 73.7 Å². The van der Waals surface area contributed by atoms with E-state index in [2.05, 4.69) is 16.0 Å². The van der Waals surface area contributed by atoms with Crippen LogP contribution in [0.3, 0.4) is 0 Å². The van der Waals surface area contributed by atoms with Crippen LogP contribution in [0.4, 0.5) is 11.4 Å². The molecule has 4 rings (SSSR count). The van der Waals surface area contributed by atoms with Crippen molar-refractivity contribution in [1.29, 1.82) is 0 Å². The van der Waals surface area contributed by atoms with E-state index >= 15 is 0 Å². The number of nitrogens with one attached hydrogen (secondary N) is 3. The molecule has 0 aliphatic carbocycles. The number of methoxy groups -OCH3 is 3. The largest absolute Gasteiger partial charge is 0.507 e. The Hall–Kier alpha value is -5.95. The van der Waals surface area contributed by atoms with Crippen LogP contribution in [0, 0.1) is 0 Å². The van der Waals surface area contributed by atoms with Crippen LogP contribution in [0.5, 0.6) is 23.0 Å². The van der Waals surface area contributed by atoms with Gasteiger partial charge in [-0.1, -0.05) is 18.2 Å². The molecular formula is C35H33N3O9S. The van der Waals surface area contributed by atoms with Gasteiger partial charge in [-0.15, -0.1) is 11.8 Å². The van der Waals surface area contributed by atoms with Gasteiger partial charge in [0.2, 0.25) is 5.91 Å². The fraction of sp³-hybridized carbons (Fsp3) is 0.143. The molecule has 4 aromatic rings. The number of benzene rings is 4. The summed E-state index contributed by atoms with van der Waals surface area (Å²) in [5, 5.41) is 26.5. The van der Waals surface area contributed by atoms with Gasteiger partial charge in [-0.05, 0) is 73.7 Å². The van der Waals surface area contributed by atoms with Crippen molar-refractivity contribution in [3.63, 3.8) is 0 Å². The van der Waals surface area contributed by atoms with Gasteiger partial charge in [0.15, 0.2) is 11.5 Å². The second kappa shape index (κ2) is 16.1. The Labute approximate surface area is 280 Å². The van der Waals surface area contributed by atoms with Gasteiger partial charge < -0.3 is 40.4 Å². The minimum Gasteiger partial charge on any atom is -0.507 e. The molecule has 5 N–H and O–H groups in total. The van der Waals surface area contributed by atoms with E-state index in [9.17, 15) is 29.4 Å². The smallest absolute Gasteiger partial charge is 0.339 e. The number of ether oxygens (including phenoxy) is 3. The van der Waals surface area contributed by atoms with Crippen molar-refractivity contribution >= 4 is 52.9 Å². The molecule has 48 heavy (non-hydrogen) atoms. The zero-order valence-corrected chi connectivity index (χ0v) is 27.2. The van der Waals surface area contributed by atoms with Crippen molar-refractivity contribution in [2.45, 2.75) is 17.1 Å². The summed E-state index contributed by atoms with van der Waals surface area (Å²) in [6.07, 6.45) is 1.47. The number of aromatic carboxylic acids is 1. The molecular weight excluding hydrogens is 638 g/mol. The van der Waals surface area contributed by atoms with Gasteiger partial charge in [-0.2, -0.15) is 0 Å². The van der Waals surface area contributed by atoms with Gasteiger partial charge in [0, 0.05) is 33.5 Å². The average Bonchev–Trinajstić information content (AvgIpc) is 3.09. The third-order valence-corrected chi connectivity index (χ3v) is 7.97. The van der Waals surface area contributed by atoms with E-state index in [0.717, 1.165) is 4.90 Å². The lowest BCUT2D eigenvalue weighted by Gasteiger charge is -2.15. The van der Waals surface area contributed by atoms with E-state index in [0.29, 0.717) is 34.1 Å². The van der Waals surface area contributed by atoms with Crippen LogP contribution in [0.2, 0.25) is 0 Å². The first-order valence-electron chi connectivity index (χ1n) is 14.4. The number of carboxylic acids is 1. The first-order valence-corrected chi connectivity index (χ1v) is 15.2. The van der Waals surface area contributed by atoms with Gasteiger partial charge in [-0.3, -0.25) is 14.4 Å². The first kappa shape index (κ1) is 34.9. The third-order valence-electron chi connectivity index (χ3n) is 6.85. The number of hydrogen-bond acceptors (Lipinski definition) is 9. The zero-order valence-electron chi connectivity index (χ0n) is 26.4. The SMILES string of the molecule is COc1cc(OC)c(OC)cc1/C=C(\NC(=O)c1ccccc1)C(=O)Nc1ccc(SC(C)C(=O)Nc2ccc(O)c(C(=O)O)c2)cc1. The molecule has 0 heterocycles. The lowest BCUT2D eigenvalue weighted by Crippen LogP contribution is -2.30. The van der Waals surface area contributed by atoms with Crippen LogP contribution >= 0.6 is 11.8 Å². The number of thioether (sulfide) groups is 1. The van der Waals surface area contributed by atoms with Crippen LogP contribution < -0.4 is 30.2 Å². The summed E-state index contributed by atoms with van der Waals surface area (Å²) in [6.45, 7) is 1.68. The van der Waals surface area contributed by atoms with Crippen molar-refractivity contribution in [2.75, 3.05) is 32.0 Å². The molecule has 0 aliphatic heterocycles. The monoisotopic (exact) mass is 671 g/mol. The summed E-state index contributed by atoms with van der Waals surface area (Å²) >= 11 is 1.24. The average molecular weight is 672 g/mol. The molecule has 248 valence electrons. The van der Waals surface area contributed by atoms with E-state index in [-0.39, 0.29) is 22.9 Å². The second-order valence-electron chi connectivity index (χ2n) is 10.1. The minimum atomic E-state index is -1.32. The van der Waals surface area contributed by atoms with Crippen LogP contribution in [0.25, 0.3) is 6.08 Å². The van der Waals surface area contributed by atoms with E-state index in [1.165, 1.54) is 57.4 Å². The summed E-state index contributed by atoms with van der Waals surface area (Å²) < 4.78 is 16.3. The number of amides is 3. The summed E-state index contributed by atoms with van der Waals surface area (Å²) in [5.74, 6) is -2.03. The summed E-state index contributed by atoms with van der Waals surface area (Å²) in [5.41, 5.74) is 1.05. The number of phenols is 1. The molecule has 0 spiro atoms. The molecule has 0 saturated heterocycles. The molecule has 13 heteroatoms. The first-order chi connectivity index (χ1) is 23.0. The minimum absolute atomic E-state index is 0.0709. The van der Waals surface area contributed by atoms with Gasteiger partial charge in [0.05, 0.1) is 26.6 Å². The van der Waals surface area contributed by atoms with E-state index in [1.807, 2.05) is 0 Å². The lowest BCUT2D eigenvalue weighted by molar-refractivity contribution is -0.115. The predicted molar refractivity (Wildman–Crippen MR) is 182 cm³/mol. The fourth-order valence-corrected chi connectivity index (χ4v) is 5.23. The molecule has 1 atom stereocenters. The van der Waals surface area contributed by atoms with E-state index in [4.69, 9.17) is 14.2 Å². The quantitative estimate of drug-likeness (QED) is 0.0680. The molecule has 0 bridgehead atoms. The number of rotatable bonds is 13. The Bertz CT molecular complexity index is 1840. The normalized spacial score (nSPS) is 11.5. The number of carbonyl (C=O) groups excluding carboxylic acids is 3. The predicted octanol–water partition coefficient (Wildman–Crippen LogP) is 5.65. The van der Waals surface area contributed by atoms with Crippen LogP contribution in [0.1, 0.15) is 33.2 Å². The summed E-state index contributed by atoms with van der Waals surface area (Å²) in [4.78, 5) is 51.4. The van der Waals surface area contributed by atoms with Crippen molar-refractivity contribution < 1.29 is 43.6 Å². The highest BCUT2D eigenvalue weighted by molar-refractivity contribution is 8.00. The van der Waals surface area contributed by atoms with Crippen LogP contribution in [-0.2, 0) is 9.59 Å². The maximum Gasteiger partial charge on any atom is 0.339 e. The standard InChI is InChI=1S/C35H33N3O9S/c1-20(32(40)37-24-12-15-28(39)26(18-24)35(43)44)48-25-13-10-23(11-14-25)36-34(42)27(38-33(41)21-8-6-5-7-9-21)16-22-17-30(46-3)31(47-4)19-29(22)45-2/h5-20,39H,1-4H3,(H,36,42)(H,37,40)(H,38,41)(H,43,44)/b27-16-. The van der Waals surface area contributed by atoms with Crippen molar-refractivity contribution in [2.24, 2.45) is 0 Å². The number of aromatic hydroxyl groups is 1. The molecule has 0 fully saturated rings. The van der Waals surface area contributed by atoms with Crippen molar-refractivity contribution in [1.82, 2.24) is 5.32 Å². The molecule has 12 nitrogen and oxygen atoms in total. The fourth-order valence-electron chi connectivity index (χ4n) is 4.37. The highest BCUT2D eigenvalue weighted by Gasteiger charge is 2.20. The van der Waals surface area contributed by atoms with Gasteiger partial charge in [0.1, 0.15) is 22.8 Å². The Balaban J connectivity index is 1.51. The highest BCUT2D eigenvalue weighted by atomic mass is 32.2. The highest BCUT2D eigenvalue weighted by Crippen LogP contribution is 2.36. The molecule has 0 aliphatic rings. The lowest BCUT2D eigenvalue weighted by atomic mass is 10.1. The topological polar surface area (TPSA) is 173 Å². The molecule has 0 saturated carbocycles. The Morgan fingerprint density at radius 2 is 1.40 bits per heavy atom. The number of hydrogen-bond donors (Lipinski definition) is 5. The molecule has 0 radical (unpaired) electrons. The third kappa shape index (κ3) is 8.85. The number of carboxylic acid groups (broad SMARTS) is 1. The number of carbonyl (C=O) groups is 4. The summed E-state index contributed by atoms with van der Waals surface area (Å²) in [7, 11) is 4.43.